The van der Waals surface area contributed by atoms with E-state index in [4.69, 9.17) is 9.26 Å². The molecule has 1 aromatic carbocycles. The molecule has 0 atom stereocenters. The summed E-state index contributed by atoms with van der Waals surface area (Å²) in [4.78, 5) is 14.2. The van der Waals surface area contributed by atoms with Crippen LogP contribution in [-0.4, -0.2) is 29.6 Å². The number of aryl methyl sites for hydroxylation is 1. The Morgan fingerprint density at radius 1 is 1.50 bits per heavy atom. The zero-order valence-electron chi connectivity index (χ0n) is 12.3. The van der Waals surface area contributed by atoms with Crippen molar-refractivity contribution in [2.24, 2.45) is 0 Å². The van der Waals surface area contributed by atoms with Gasteiger partial charge in [-0.25, -0.2) is 0 Å². The van der Waals surface area contributed by atoms with Crippen LogP contribution in [0.4, 0.5) is 0 Å². The van der Waals surface area contributed by atoms with E-state index in [0.717, 1.165) is 33.5 Å². The Morgan fingerprint density at radius 3 is 3.14 bits per heavy atom. The predicted molar refractivity (Wildman–Crippen MR) is 84.6 cm³/mol. The van der Waals surface area contributed by atoms with Gasteiger partial charge in [0.2, 0.25) is 5.91 Å². The van der Waals surface area contributed by atoms with Gasteiger partial charge in [-0.15, -0.1) is 0 Å². The molecule has 0 unspecified atom stereocenters. The Bertz CT molecular complexity index is 684. The van der Waals surface area contributed by atoms with Crippen LogP contribution in [0.25, 0.3) is 0 Å². The molecule has 1 aromatic heterocycles. The number of nitrogens with zero attached hydrogens (tertiary/aromatic N) is 2. The van der Waals surface area contributed by atoms with Crippen molar-refractivity contribution < 1.29 is 14.1 Å². The first-order valence-corrected chi connectivity index (χ1v) is 7.99. The maximum atomic E-state index is 12.3. The molecule has 2 heterocycles. The Morgan fingerprint density at radius 2 is 2.36 bits per heavy atom. The number of carbonyl (C=O) groups excluding carboxylic acids is 1. The van der Waals surface area contributed by atoms with Gasteiger partial charge in [0.05, 0.1) is 24.3 Å². The summed E-state index contributed by atoms with van der Waals surface area (Å²) < 4.78 is 11.3. The second-order valence-corrected chi connectivity index (χ2v) is 6.16. The third-order valence-corrected chi connectivity index (χ3v) is 4.52. The Balaban J connectivity index is 1.58. The van der Waals surface area contributed by atoms with Crippen molar-refractivity contribution in [1.29, 1.82) is 0 Å². The molecule has 3 rings (SSSR count). The summed E-state index contributed by atoms with van der Waals surface area (Å²) in [6.45, 7) is 1.30. The minimum absolute atomic E-state index is 0.166. The van der Waals surface area contributed by atoms with Crippen molar-refractivity contribution in [2.45, 2.75) is 25.8 Å². The minimum atomic E-state index is 0.166. The van der Waals surface area contributed by atoms with Crippen molar-refractivity contribution in [3.63, 3.8) is 0 Å². The second-order valence-electron chi connectivity index (χ2n) is 5.31. The van der Waals surface area contributed by atoms with Crippen LogP contribution >= 0.6 is 15.9 Å². The van der Waals surface area contributed by atoms with E-state index in [1.807, 2.05) is 23.1 Å². The molecule has 1 aliphatic rings. The average molecular weight is 365 g/mol. The molecule has 2 aromatic rings. The first-order valence-electron chi connectivity index (χ1n) is 7.20. The summed E-state index contributed by atoms with van der Waals surface area (Å²) in [6, 6.07) is 5.90. The quantitative estimate of drug-likeness (QED) is 0.836. The number of rotatable bonds is 4. The first-order chi connectivity index (χ1) is 10.7. The van der Waals surface area contributed by atoms with E-state index in [1.54, 1.807) is 13.3 Å². The molecule has 1 amide bonds. The normalized spacial score (nSPS) is 13.8. The van der Waals surface area contributed by atoms with E-state index >= 15 is 0 Å². The second kappa shape index (κ2) is 6.52. The highest BCUT2D eigenvalue weighted by Crippen LogP contribution is 2.26. The molecule has 1 aliphatic heterocycles. The first kappa shape index (κ1) is 15.1. The highest BCUT2D eigenvalue weighted by atomic mass is 79.9. The van der Waals surface area contributed by atoms with Crippen LogP contribution in [0, 0.1) is 0 Å². The van der Waals surface area contributed by atoms with Crippen LogP contribution in [0.15, 0.2) is 33.4 Å². The van der Waals surface area contributed by atoms with Crippen LogP contribution in [0.1, 0.15) is 23.3 Å². The largest absolute Gasteiger partial charge is 0.496 e. The molecule has 0 saturated heterocycles. The van der Waals surface area contributed by atoms with Gasteiger partial charge in [0.25, 0.3) is 0 Å². The number of carbonyl (C=O) groups is 1. The number of methoxy groups -OCH3 is 1. The van der Waals surface area contributed by atoms with Crippen molar-refractivity contribution in [3.05, 3.63) is 45.8 Å². The van der Waals surface area contributed by atoms with Gasteiger partial charge < -0.3 is 14.2 Å². The van der Waals surface area contributed by atoms with Gasteiger partial charge in [-0.05, 0) is 40.0 Å². The topological polar surface area (TPSA) is 55.6 Å². The van der Waals surface area contributed by atoms with Gasteiger partial charge in [0, 0.05) is 24.9 Å². The lowest BCUT2D eigenvalue weighted by Crippen LogP contribution is -2.35. The van der Waals surface area contributed by atoms with Gasteiger partial charge >= 0.3 is 0 Å². The number of hydrogen-bond acceptors (Lipinski definition) is 4. The van der Waals surface area contributed by atoms with Crippen LogP contribution in [-0.2, 0) is 24.2 Å². The van der Waals surface area contributed by atoms with Gasteiger partial charge in [-0.3, -0.25) is 4.79 Å². The highest BCUT2D eigenvalue weighted by Gasteiger charge is 2.23. The van der Waals surface area contributed by atoms with Gasteiger partial charge in [-0.1, -0.05) is 11.2 Å². The summed E-state index contributed by atoms with van der Waals surface area (Å²) in [6.07, 6.45) is 3.66. The number of amides is 1. The monoisotopic (exact) mass is 364 g/mol. The van der Waals surface area contributed by atoms with Crippen molar-refractivity contribution >= 4 is 21.8 Å². The number of aromatic nitrogens is 1. The van der Waals surface area contributed by atoms with Gasteiger partial charge in [0.15, 0.2) is 0 Å². The standard InChI is InChI=1S/C16H17BrN2O3/c1-21-15-4-2-11(8-13(15)17)3-5-16(20)19-7-6-14-12(10-19)9-18-22-14/h2,4,8-9H,3,5-7,10H2,1H3. The lowest BCUT2D eigenvalue weighted by molar-refractivity contribution is -0.132. The summed E-state index contributed by atoms with van der Waals surface area (Å²) in [5.41, 5.74) is 2.13. The molecule has 0 spiro atoms. The number of benzene rings is 1. The van der Waals surface area contributed by atoms with E-state index < -0.39 is 0 Å². The molecular formula is C16H17BrN2O3. The maximum absolute atomic E-state index is 12.3. The number of ether oxygens (including phenoxy) is 1. The van der Waals surface area contributed by atoms with E-state index in [0.29, 0.717) is 25.9 Å². The fourth-order valence-electron chi connectivity index (χ4n) is 2.63. The molecule has 0 fully saturated rings. The van der Waals surface area contributed by atoms with E-state index in [2.05, 4.69) is 21.1 Å². The number of halogens is 1. The molecule has 0 saturated carbocycles. The predicted octanol–water partition coefficient (Wildman–Crippen LogP) is 2.96. The SMILES string of the molecule is COc1ccc(CCC(=O)N2CCc3oncc3C2)cc1Br. The summed E-state index contributed by atoms with van der Waals surface area (Å²) in [5.74, 6) is 1.87. The van der Waals surface area contributed by atoms with Crippen LogP contribution in [0.2, 0.25) is 0 Å². The van der Waals surface area contributed by atoms with Crippen LogP contribution in [0.5, 0.6) is 5.75 Å². The van der Waals surface area contributed by atoms with E-state index in [1.165, 1.54) is 0 Å². The van der Waals surface area contributed by atoms with Gasteiger partial charge in [-0.2, -0.15) is 0 Å². The minimum Gasteiger partial charge on any atom is -0.496 e. The smallest absolute Gasteiger partial charge is 0.223 e. The lowest BCUT2D eigenvalue weighted by atomic mass is 10.1. The Labute approximate surface area is 137 Å². The lowest BCUT2D eigenvalue weighted by Gasteiger charge is -2.25. The summed E-state index contributed by atoms with van der Waals surface area (Å²) in [5, 5.41) is 3.79. The molecule has 0 N–H and O–H groups in total. The molecule has 5 nitrogen and oxygen atoms in total. The third-order valence-electron chi connectivity index (χ3n) is 3.90. The van der Waals surface area contributed by atoms with Crippen molar-refractivity contribution in [3.8, 4) is 5.75 Å². The van der Waals surface area contributed by atoms with Crippen molar-refractivity contribution in [2.75, 3.05) is 13.7 Å². The van der Waals surface area contributed by atoms with Crippen LogP contribution in [0.3, 0.4) is 0 Å². The zero-order valence-corrected chi connectivity index (χ0v) is 13.9. The molecule has 22 heavy (non-hydrogen) atoms. The summed E-state index contributed by atoms with van der Waals surface area (Å²) in [7, 11) is 1.64. The Kier molecular flexibility index (Phi) is 4.47. The molecular weight excluding hydrogens is 348 g/mol. The number of hydrogen-bond donors (Lipinski definition) is 0. The fraction of sp³-hybridized carbons (Fsp3) is 0.375. The van der Waals surface area contributed by atoms with Gasteiger partial charge in [0.1, 0.15) is 11.5 Å². The highest BCUT2D eigenvalue weighted by molar-refractivity contribution is 9.10. The fourth-order valence-corrected chi connectivity index (χ4v) is 3.22. The average Bonchev–Trinajstić information content (AvgIpc) is 3.00. The zero-order chi connectivity index (χ0) is 15.5. The van der Waals surface area contributed by atoms with Crippen LogP contribution < -0.4 is 4.74 Å². The molecule has 6 heteroatoms. The third kappa shape index (κ3) is 3.16. The number of fused-ring (bicyclic) bond motifs is 1. The van der Waals surface area contributed by atoms with Crippen molar-refractivity contribution in [1.82, 2.24) is 10.1 Å². The van der Waals surface area contributed by atoms with E-state index in [-0.39, 0.29) is 5.91 Å². The van der Waals surface area contributed by atoms with E-state index in [9.17, 15) is 4.79 Å². The molecule has 0 radical (unpaired) electrons. The maximum Gasteiger partial charge on any atom is 0.223 e. The molecule has 0 aliphatic carbocycles. The molecule has 0 bridgehead atoms. The summed E-state index contributed by atoms with van der Waals surface area (Å²) >= 11 is 3.47. The Hall–Kier alpha value is -1.82. The molecule has 116 valence electrons.